The molecule has 0 amide bonds. The van der Waals surface area contributed by atoms with E-state index in [2.05, 4.69) is 15.3 Å². The van der Waals surface area contributed by atoms with E-state index in [0.717, 1.165) is 32.4 Å². The van der Waals surface area contributed by atoms with Crippen molar-refractivity contribution < 1.29 is 4.74 Å². The summed E-state index contributed by atoms with van der Waals surface area (Å²) in [5.41, 5.74) is 6.10. The molecule has 92 valence electrons. The lowest BCUT2D eigenvalue weighted by Gasteiger charge is -2.10. The summed E-state index contributed by atoms with van der Waals surface area (Å²) in [4.78, 5) is 8.60. The average Bonchev–Trinajstić information content (AvgIpc) is 2.82. The maximum Gasteiger partial charge on any atom is 0.223 e. The highest BCUT2D eigenvalue weighted by Gasteiger charge is 2.14. The van der Waals surface area contributed by atoms with Gasteiger partial charge in [-0.25, -0.2) is 9.97 Å². The van der Waals surface area contributed by atoms with Crippen LogP contribution in [0.2, 0.25) is 0 Å². The summed E-state index contributed by atoms with van der Waals surface area (Å²) in [5, 5.41) is 3.15. The second-order valence-electron chi connectivity index (χ2n) is 3.98. The Labute approximate surface area is 106 Å². The van der Waals surface area contributed by atoms with Crippen molar-refractivity contribution in [3.8, 4) is 0 Å². The maximum absolute atomic E-state index is 5.53. The highest BCUT2D eigenvalue weighted by molar-refractivity contribution is 7.80. The number of thiocarbonyl (C=S) groups is 1. The molecule has 6 heteroatoms. The Hall–Kier alpha value is -1.27. The SMILES string of the molecule is NC(=S)c1ccnc(NCCC2CCCO2)n1. The molecular formula is C11H16N4OS. The van der Waals surface area contributed by atoms with E-state index in [-0.39, 0.29) is 4.99 Å². The molecule has 1 aliphatic heterocycles. The first-order chi connectivity index (χ1) is 8.25. The Morgan fingerprint density at radius 2 is 2.53 bits per heavy atom. The molecule has 1 aromatic rings. The number of rotatable bonds is 5. The van der Waals surface area contributed by atoms with Crippen LogP contribution in [0, 0.1) is 0 Å². The molecule has 17 heavy (non-hydrogen) atoms. The second kappa shape index (κ2) is 5.88. The number of anilines is 1. The van der Waals surface area contributed by atoms with Gasteiger partial charge in [-0.15, -0.1) is 0 Å². The van der Waals surface area contributed by atoms with Gasteiger partial charge in [0.1, 0.15) is 10.7 Å². The summed E-state index contributed by atoms with van der Waals surface area (Å²) in [5.74, 6) is 0.563. The number of aromatic nitrogens is 2. The van der Waals surface area contributed by atoms with Gasteiger partial charge < -0.3 is 15.8 Å². The van der Waals surface area contributed by atoms with Gasteiger partial charge in [0.15, 0.2) is 0 Å². The minimum atomic E-state index is 0.287. The summed E-state index contributed by atoms with van der Waals surface area (Å²) in [6.07, 6.45) is 5.31. The van der Waals surface area contributed by atoms with E-state index < -0.39 is 0 Å². The topological polar surface area (TPSA) is 73.1 Å². The standard InChI is InChI=1S/C11H16N4OS/c12-10(17)9-4-6-14-11(15-9)13-5-3-8-2-1-7-16-8/h4,6,8H,1-3,5,7H2,(H2,12,17)(H,13,14,15). The Kier molecular flexibility index (Phi) is 4.22. The van der Waals surface area contributed by atoms with Gasteiger partial charge in [-0.2, -0.15) is 0 Å². The molecule has 1 fully saturated rings. The van der Waals surface area contributed by atoms with Gasteiger partial charge in [-0.3, -0.25) is 0 Å². The van der Waals surface area contributed by atoms with Crippen LogP contribution in [0.4, 0.5) is 5.95 Å². The molecule has 0 aromatic carbocycles. The molecule has 0 bridgehead atoms. The number of nitrogens with zero attached hydrogens (tertiary/aromatic N) is 2. The van der Waals surface area contributed by atoms with E-state index in [9.17, 15) is 0 Å². The lowest BCUT2D eigenvalue weighted by atomic mass is 10.2. The van der Waals surface area contributed by atoms with Gasteiger partial charge in [0.05, 0.1) is 6.10 Å². The third-order valence-corrected chi connectivity index (χ3v) is 2.89. The van der Waals surface area contributed by atoms with Gasteiger partial charge in [0.2, 0.25) is 5.95 Å². The summed E-state index contributed by atoms with van der Waals surface area (Å²) in [6.45, 7) is 1.68. The molecular weight excluding hydrogens is 236 g/mol. The quantitative estimate of drug-likeness (QED) is 0.764. The molecule has 1 aliphatic rings. The zero-order valence-electron chi connectivity index (χ0n) is 9.56. The highest BCUT2D eigenvalue weighted by Crippen LogP contribution is 2.15. The first kappa shape index (κ1) is 12.2. The molecule has 1 saturated heterocycles. The van der Waals surface area contributed by atoms with Crippen LogP contribution < -0.4 is 11.1 Å². The van der Waals surface area contributed by atoms with Gasteiger partial charge in [0.25, 0.3) is 0 Å². The summed E-state index contributed by atoms with van der Waals surface area (Å²) >= 11 is 4.86. The molecule has 5 nitrogen and oxygen atoms in total. The van der Waals surface area contributed by atoms with Gasteiger partial charge >= 0.3 is 0 Å². The smallest absolute Gasteiger partial charge is 0.223 e. The van der Waals surface area contributed by atoms with Crippen molar-refractivity contribution in [3.05, 3.63) is 18.0 Å². The van der Waals surface area contributed by atoms with E-state index in [1.165, 1.54) is 0 Å². The maximum atomic E-state index is 5.53. The summed E-state index contributed by atoms with van der Waals surface area (Å²) < 4.78 is 5.53. The lowest BCUT2D eigenvalue weighted by Crippen LogP contribution is -2.16. The van der Waals surface area contributed by atoms with E-state index >= 15 is 0 Å². The van der Waals surface area contributed by atoms with Crippen molar-refractivity contribution >= 4 is 23.2 Å². The Morgan fingerprint density at radius 1 is 1.65 bits per heavy atom. The monoisotopic (exact) mass is 252 g/mol. The number of ether oxygens (including phenoxy) is 1. The number of hydrogen-bond donors (Lipinski definition) is 2. The molecule has 2 heterocycles. The fraction of sp³-hybridized carbons (Fsp3) is 0.545. The third-order valence-electron chi connectivity index (χ3n) is 2.68. The van der Waals surface area contributed by atoms with Crippen LogP contribution in [0.25, 0.3) is 0 Å². The second-order valence-corrected chi connectivity index (χ2v) is 4.42. The minimum absolute atomic E-state index is 0.287. The van der Waals surface area contributed by atoms with Crippen LogP contribution in [0.1, 0.15) is 25.0 Å². The van der Waals surface area contributed by atoms with Crippen molar-refractivity contribution in [2.45, 2.75) is 25.4 Å². The first-order valence-electron chi connectivity index (χ1n) is 5.74. The largest absolute Gasteiger partial charge is 0.388 e. The molecule has 1 aromatic heterocycles. The van der Waals surface area contributed by atoms with Gasteiger partial charge in [-0.05, 0) is 25.3 Å². The predicted molar refractivity (Wildman–Crippen MR) is 70.0 cm³/mol. The van der Waals surface area contributed by atoms with Crippen molar-refractivity contribution in [3.63, 3.8) is 0 Å². The first-order valence-corrected chi connectivity index (χ1v) is 6.15. The van der Waals surface area contributed by atoms with E-state index in [1.54, 1.807) is 12.3 Å². The van der Waals surface area contributed by atoms with Crippen molar-refractivity contribution in [2.24, 2.45) is 5.73 Å². The molecule has 0 radical (unpaired) electrons. The fourth-order valence-electron chi connectivity index (χ4n) is 1.80. The molecule has 0 spiro atoms. The molecule has 1 unspecified atom stereocenters. The highest BCUT2D eigenvalue weighted by atomic mass is 32.1. The van der Waals surface area contributed by atoms with Crippen LogP contribution in [0.5, 0.6) is 0 Å². The fourth-order valence-corrected chi connectivity index (χ4v) is 1.91. The normalized spacial score (nSPS) is 19.2. The van der Waals surface area contributed by atoms with E-state index in [4.69, 9.17) is 22.7 Å². The van der Waals surface area contributed by atoms with E-state index in [0.29, 0.717) is 17.7 Å². The number of hydrogen-bond acceptors (Lipinski definition) is 5. The van der Waals surface area contributed by atoms with Crippen LogP contribution in [0.15, 0.2) is 12.3 Å². The Balaban J connectivity index is 1.81. The van der Waals surface area contributed by atoms with Crippen LogP contribution in [0.3, 0.4) is 0 Å². The van der Waals surface area contributed by atoms with Crippen LogP contribution >= 0.6 is 12.2 Å². The lowest BCUT2D eigenvalue weighted by molar-refractivity contribution is 0.107. The Morgan fingerprint density at radius 3 is 3.24 bits per heavy atom. The summed E-state index contributed by atoms with van der Waals surface area (Å²) in [6, 6.07) is 1.70. The van der Waals surface area contributed by atoms with Crippen molar-refractivity contribution in [1.29, 1.82) is 0 Å². The van der Waals surface area contributed by atoms with Crippen LogP contribution in [-0.4, -0.2) is 34.2 Å². The van der Waals surface area contributed by atoms with Crippen molar-refractivity contribution in [1.82, 2.24) is 9.97 Å². The number of nitrogens with two attached hydrogens (primary N) is 1. The van der Waals surface area contributed by atoms with Gasteiger partial charge in [0, 0.05) is 19.3 Å². The summed E-state index contributed by atoms with van der Waals surface area (Å²) in [7, 11) is 0. The average molecular weight is 252 g/mol. The molecule has 0 aliphatic carbocycles. The zero-order valence-corrected chi connectivity index (χ0v) is 10.4. The van der Waals surface area contributed by atoms with Crippen molar-refractivity contribution in [2.75, 3.05) is 18.5 Å². The molecule has 3 N–H and O–H groups in total. The zero-order chi connectivity index (χ0) is 12.1. The third kappa shape index (κ3) is 3.61. The molecule has 0 saturated carbocycles. The minimum Gasteiger partial charge on any atom is -0.388 e. The Bertz CT molecular complexity index is 393. The van der Waals surface area contributed by atoms with E-state index in [1.807, 2.05) is 0 Å². The number of nitrogens with one attached hydrogen (secondary N) is 1. The van der Waals surface area contributed by atoms with Crippen LogP contribution in [-0.2, 0) is 4.74 Å². The molecule has 2 rings (SSSR count). The molecule has 1 atom stereocenters. The predicted octanol–water partition coefficient (Wildman–Crippen LogP) is 1.09. The van der Waals surface area contributed by atoms with Gasteiger partial charge in [-0.1, -0.05) is 12.2 Å².